The third-order valence-electron chi connectivity index (χ3n) is 2.86. The fourth-order valence-electron chi connectivity index (χ4n) is 1.91. The van der Waals surface area contributed by atoms with Gasteiger partial charge in [0.05, 0.1) is 21.2 Å². The van der Waals surface area contributed by atoms with E-state index in [1.54, 1.807) is 30.3 Å². The molecule has 0 heterocycles. The van der Waals surface area contributed by atoms with Crippen LogP contribution in [0.15, 0.2) is 42.5 Å². The number of carbonyl (C=O) groups excluding carboxylic acids is 2. The lowest BCUT2D eigenvalue weighted by Crippen LogP contribution is -2.10. The van der Waals surface area contributed by atoms with Crippen LogP contribution in [0.2, 0.25) is 5.02 Å². The zero-order chi connectivity index (χ0) is 16.3. The van der Waals surface area contributed by atoms with Crippen molar-refractivity contribution in [1.29, 1.82) is 0 Å². The molecular weight excluding hydrogens is 308 g/mol. The largest absolute Gasteiger partial charge is 0.325 e. The summed E-state index contributed by atoms with van der Waals surface area (Å²) in [5, 5.41) is 13.4. The molecule has 112 valence electrons. The van der Waals surface area contributed by atoms with Crippen molar-refractivity contribution in [3.05, 3.63) is 68.7 Å². The first-order valence-corrected chi connectivity index (χ1v) is 6.63. The average Bonchev–Trinajstić information content (AvgIpc) is 2.49. The summed E-state index contributed by atoms with van der Waals surface area (Å²) in [6.07, 6.45) is 0. The minimum Gasteiger partial charge on any atom is -0.325 e. The van der Waals surface area contributed by atoms with Gasteiger partial charge in [0.15, 0.2) is 5.78 Å². The highest BCUT2D eigenvalue weighted by Crippen LogP contribution is 2.32. The number of nitrogens with one attached hydrogen (secondary N) is 1. The van der Waals surface area contributed by atoms with Crippen LogP contribution in [0.1, 0.15) is 22.8 Å². The highest BCUT2D eigenvalue weighted by atomic mass is 35.5. The van der Waals surface area contributed by atoms with E-state index in [0.717, 1.165) is 12.1 Å². The number of nitro groups is 1. The normalized spacial score (nSPS) is 10.1. The highest BCUT2D eigenvalue weighted by Gasteiger charge is 2.21. The summed E-state index contributed by atoms with van der Waals surface area (Å²) >= 11 is 6.12. The number of non-ortho nitro benzene ring substituents is 1. The van der Waals surface area contributed by atoms with E-state index in [2.05, 4.69) is 5.32 Å². The topological polar surface area (TPSA) is 89.3 Å². The molecule has 0 atom stereocenters. The van der Waals surface area contributed by atoms with Gasteiger partial charge >= 0.3 is 0 Å². The summed E-state index contributed by atoms with van der Waals surface area (Å²) in [6, 6.07) is 10.5. The van der Waals surface area contributed by atoms with E-state index in [4.69, 9.17) is 11.6 Å². The lowest BCUT2D eigenvalue weighted by atomic mass is 10.0. The van der Waals surface area contributed by atoms with Gasteiger partial charge in [-0.25, -0.2) is 0 Å². The standard InChI is InChI=1S/C15H11ClN2O4/c1-9(19)17-13-8-11(18(21)22)7-12(14(13)16)15(20)10-5-3-2-4-6-10/h2-8H,1H3,(H,17,19). The lowest BCUT2D eigenvalue weighted by Gasteiger charge is -2.09. The van der Waals surface area contributed by atoms with Crippen molar-refractivity contribution in [1.82, 2.24) is 0 Å². The minimum absolute atomic E-state index is 0.0302. The smallest absolute Gasteiger partial charge is 0.272 e. The Morgan fingerprint density at radius 1 is 1.18 bits per heavy atom. The molecule has 0 aliphatic heterocycles. The number of amides is 1. The zero-order valence-corrected chi connectivity index (χ0v) is 12.3. The molecular formula is C15H11ClN2O4. The highest BCUT2D eigenvalue weighted by molar-refractivity contribution is 6.38. The quantitative estimate of drug-likeness (QED) is 0.531. The van der Waals surface area contributed by atoms with Crippen LogP contribution in [0, 0.1) is 10.1 Å². The van der Waals surface area contributed by atoms with Crippen molar-refractivity contribution in [2.75, 3.05) is 5.32 Å². The third-order valence-corrected chi connectivity index (χ3v) is 3.27. The molecule has 2 aromatic rings. The van der Waals surface area contributed by atoms with Crippen LogP contribution < -0.4 is 5.32 Å². The molecule has 0 aliphatic carbocycles. The van der Waals surface area contributed by atoms with Crippen molar-refractivity contribution in [2.45, 2.75) is 6.92 Å². The van der Waals surface area contributed by atoms with Crippen LogP contribution in [0.4, 0.5) is 11.4 Å². The molecule has 0 bridgehead atoms. The van der Waals surface area contributed by atoms with E-state index in [0.29, 0.717) is 5.56 Å². The average molecular weight is 319 g/mol. The second-order valence-electron chi connectivity index (χ2n) is 4.49. The number of halogens is 1. The second kappa shape index (κ2) is 6.36. The zero-order valence-electron chi connectivity index (χ0n) is 11.5. The third kappa shape index (κ3) is 3.29. The number of anilines is 1. The molecule has 22 heavy (non-hydrogen) atoms. The Morgan fingerprint density at radius 2 is 1.82 bits per heavy atom. The Hall–Kier alpha value is -2.73. The van der Waals surface area contributed by atoms with Gasteiger partial charge in [-0.2, -0.15) is 0 Å². The van der Waals surface area contributed by atoms with Crippen molar-refractivity contribution < 1.29 is 14.5 Å². The molecule has 0 aromatic heterocycles. The van der Waals surface area contributed by atoms with Gasteiger partial charge in [0, 0.05) is 24.6 Å². The molecule has 0 spiro atoms. The molecule has 0 fully saturated rings. The van der Waals surface area contributed by atoms with Gasteiger partial charge in [0.1, 0.15) is 0 Å². The molecule has 0 saturated heterocycles. The summed E-state index contributed by atoms with van der Waals surface area (Å²) < 4.78 is 0. The first kappa shape index (κ1) is 15.7. The number of hydrogen-bond acceptors (Lipinski definition) is 4. The minimum atomic E-state index is -0.649. The van der Waals surface area contributed by atoms with Crippen LogP contribution in [0.5, 0.6) is 0 Å². The molecule has 1 N–H and O–H groups in total. The van der Waals surface area contributed by atoms with Gasteiger partial charge in [-0.15, -0.1) is 0 Å². The maximum Gasteiger partial charge on any atom is 0.272 e. The Balaban J connectivity index is 2.59. The van der Waals surface area contributed by atoms with Gasteiger partial charge in [0.2, 0.25) is 5.91 Å². The fraction of sp³-hybridized carbons (Fsp3) is 0.0667. The van der Waals surface area contributed by atoms with E-state index in [1.165, 1.54) is 6.92 Å². The van der Waals surface area contributed by atoms with Gasteiger partial charge in [-0.3, -0.25) is 19.7 Å². The first-order valence-electron chi connectivity index (χ1n) is 6.25. The molecule has 0 unspecified atom stereocenters. The molecule has 0 aliphatic rings. The van der Waals surface area contributed by atoms with E-state index in [-0.39, 0.29) is 22.0 Å². The summed E-state index contributed by atoms with van der Waals surface area (Å²) in [7, 11) is 0. The Labute approximate surface area is 130 Å². The Kier molecular flexibility index (Phi) is 4.53. The van der Waals surface area contributed by atoms with Crippen LogP contribution >= 0.6 is 11.6 Å². The van der Waals surface area contributed by atoms with Crippen molar-refractivity contribution >= 4 is 34.7 Å². The fourth-order valence-corrected chi connectivity index (χ4v) is 2.15. The maximum absolute atomic E-state index is 12.5. The lowest BCUT2D eigenvalue weighted by molar-refractivity contribution is -0.384. The number of nitrogens with zero attached hydrogens (tertiary/aromatic N) is 1. The number of benzene rings is 2. The van der Waals surface area contributed by atoms with Gasteiger partial charge in [0.25, 0.3) is 5.69 Å². The van der Waals surface area contributed by atoms with Crippen LogP contribution in [-0.2, 0) is 4.79 Å². The molecule has 0 saturated carbocycles. The second-order valence-corrected chi connectivity index (χ2v) is 4.87. The molecule has 0 radical (unpaired) electrons. The van der Waals surface area contributed by atoms with Crippen molar-refractivity contribution in [2.24, 2.45) is 0 Å². The van der Waals surface area contributed by atoms with E-state index >= 15 is 0 Å². The molecule has 2 aromatic carbocycles. The predicted octanol–water partition coefficient (Wildman–Crippen LogP) is 3.44. The monoisotopic (exact) mass is 318 g/mol. The molecule has 7 heteroatoms. The number of nitro benzene ring substituents is 1. The van der Waals surface area contributed by atoms with Gasteiger partial charge in [-0.05, 0) is 0 Å². The molecule has 1 amide bonds. The summed E-state index contributed by atoms with van der Waals surface area (Å²) in [6.45, 7) is 1.24. The number of hydrogen-bond donors (Lipinski definition) is 1. The summed E-state index contributed by atoms with van der Waals surface area (Å²) in [5.41, 5.74) is 0.0135. The van der Waals surface area contributed by atoms with Crippen LogP contribution in [0.3, 0.4) is 0 Å². The first-order chi connectivity index (χ1) is 10.4. The number of rotatable bonds is 4. The van der Waals surface area contributed by atoms with Gasteiger partial charge < -0.3 is 5.32 Å². The summed E-state index contributed by atoms with van der Waals surface area (Å²) in [5.74, 6) is -0.901. The van der Waals surface area contributed by atoms with Crippen LogP contribution in [-0.4, -0.2) is 16.6 Å². The Morgan fingerprint density at radius 3 is 2.36 bits per heavy atom. The van der Waals surface area contributed by atoms with E-state index in [1.807, 2.05) is 0 Å². The SMILES string of the molecule is CC(=O)Nc1cc([N+](=O)[O-])cc(C(=O)c2ccccc2)c1Cl. The number of carbonyl (C=O) groups is 2. The predicted molar refractivity (Wildman–Crippen MR) is 82.3 cm³/mol. The molecule has 2 rings (SSSR count). The molecule has 6 nitrogen and oxygen atoms in total. The van der Waals surface area contributed by atoms with Gasteiger partial charge in [-0.1, -0.05) is 41.9 Å². The Bertz CT molecular complexity index is 760. The van der Waals surface area contributed by atoms with E-state index in [9.17, 15) is 19.7 Å². The van der Waals surface area contributed by atoms with Crippen molar-refractivity contribution in [3.63, 3.8) is 0 Å². The van der Waals surface area contributed by atoms with E-state index < -0.39 is 16.6 Å². The van der Waals surface area contributed by atoms with Crippen LogP contribution in [0.25, 0.3) is 0 Å². The summed E-state index contributed by atoms with van der Waals surface area (Å²) in [4.78, 5) is 34.0. The van der Waals surface area contributed by atoms with Crippen molar-refractivity contribution in [3.8, 4) is 0 Å². The number of ketones is 1. The maximum atomic E-state index is 12.5.